The molecule has 0 aromatic heterocycles. The average molecular weight is 277 g/mol. The molecule has 1 aliphatic heterocycles. The minimum atomic E-state index is -0.582. The van der Waals surface area contributed by atoms with E-state index in [-0.39, 0.29) is 11.5 Å². The smallest absolute Gasteiger partial charge is 0.125 e. The van der Waals surface area contributed by atoms with Crippen LogP contribution in [0, 0.1) is 5.41 Å². The van der Waals surface area contributed by atoms with Gasteiger partial charge in [-0.15, -0.1) is 0 Å². The van der Waals surface area contributed by atoms with Gasteiger partial charge in [0.15, 0.2) is 0 Å². The highest BCUT2D eigenvalue weighted by molar-refractivity contribution is 5.50. The summed E-state index contributed by atoms with van der Waals surface area (Å²) >= 11 is 0. The number of hydrogen-bond acceptors (Lipinski definition) is 4. The lowest BCUT2D eigenvalue weighted by molar-refractivity contribution is -0.0309. The van der Waals surface area contributed by atoms with Crippen LogP contribution in [0.15, 0.2) is 12.1 Å². The Bertz CT molecular complexity index is 505. The lowest BCUT2D eigenvalue weighted by atomic mass is 9.63. The first-order chi connectivity index (χ1) is 9.59. The van der Waals surface area contributed by atoms with Crippen molar-refractivity contribution in [1.29, 1.82) is 0 Å². The summed E-state index contributed by atoms with van der Waals surface area (Å²) in [5.74, 6) is 1.62. The quantitative estimate of drug-likeness (QED) is 0.885. The third-order valence-corrected chi connectivity index (χ3v) is 4.88. The molecule has 110 valence electrons. The van der Waals surface area contributed by atoms with Crippen LogP contribution in [0.25, 0.3) is 0 Å². The van der Waals surface area contributed by atoms with Gasteiger partial charge < -0.3 is 20.3 Å². The Labute approximate surface area is 119 Å². The molecule has 3 N–H and O–H groups in total. The first kappa shape index (κ1) is 13.7. The van der Waals surface area contributed by atoms with Crippen LogP contribution in [-0.2, 0) is 6.42 Å². The predicted octanol–water partition coefficient (Wildman–Crippen LogP) is 2.18. The Morgan fingerprint density at radius 2 is 2.25 bits per heavy atom. The maximum absolute atomic E-state index is 10.8. The summed E-state index contributed by atoms with van der Waals surface area (Å²) in [6.45, 7) is 2.56. The summed E-state index contributed by atoms with van der Waals surface area (Å²) in [5, 5.41) is 10.8. The second-order valence-electron chi connectivity index (χ2n) is 6.16. The predicted molar refractivity (Wildman–Crippen MR) is 77.1 cm³/mol. The van der Waals surface area contributed by atoms with Crippen molar-refractivity contribution >= 4 is 0 Å². The SMILES string of the molecule is COc1cc2c(cc1C(O)C1(CN)CCC1)OC(C)C2. The maximum atomic E-state index is 10.8. The normalized spacial score (nSPS) is 24.5. The van der Waals surface area contributed by atoms with Crippen LogP contribution >= 0.6 is 0 Å². The fraction of sp³-hybridized carbons (Fsp3) is 0.625. The number of rotatable bonds is 4. The van der Waals surface area contributed by atoms with Crippen LogP contribution in [0.2, 0.25) is 0 Å². The molecule has 1 aromatic rings. The van der Waals surface area contributed by atoms with Crippen LogP contribution in [0.5, 0.6) is 11.5 Å². The highest BCUT2D eigenvalue weighted by Gasteiger charge is 2.44. The zero-order valence-electron chi connectivity index (χ0n) is 12.2. The van der Waals surface area contributed by atoms with Gasteiger partial charge in [-0.05, 0) is 31.9 Å². The van der Waals surface area contributed by atoms with Crippen molar-refractivity contribution in [3.8, 4) is 11.5 Å². The first-order valence-electron chi connectivity index (χ1n) is 7.35. The molecule has 2 atom stereocenters. The Morgan fingerprint density at radius 3 is 2.80 bits per heavy atom. The first-order valence-corrected chi connectivity index (χ1v) is 7.35. The molecular formula is C16H23NO3. The average Bonchev–Trinajstić information content (AvgIpc) is 2.75. The van der Waals surface area contributed by atoms with Crippen LogP contribution in [0.1, 0.15) is 43.4 Å². The molecule has 1 fully saturated rings. The second-order valence-corrected chi connectivity index (χ2v) is 6.16. The van der Waals surface area contributed by atoms with Gasteiger partial charge in [0.2, 0.25) is 0 Å². The zero-order valence-corrected chi connectivity index (χ0v) is 12.2. The van der Waals surface area contributed by atoms with Gasteiger partial charge in [0, 0.05) is 29.5 Å². The molecule has 3 rings (SSSR count). The van der Waals surface area contributed by atoms with Crippen molar-refractivity contribution in [3.63, 3.8) is 0 Å². The van der Waals surface area contributed by atoms with Crippen LogP contribution in [-0.4, -0.2) is 24.9 Å². The van der Waals surface area contributed by atoms with E-state index < -0.39 is 6.10 Å². The lowest BCUT2D eigenvalue weighted by Gasteiger charge is -2.45. The summed E-state index contributed by atoms with van der Waals surface area (Å²) in [4.78, 5) is 0. The van der Waals surface area contributed by atoms with E-state index in [4.69, 9.17) is 15.2 Å². The molecule has 0 amide bonds. The van der Waals surface area contributed by atoms with E-state index in [1.807, 2.05) is 12.1 Å². The van der Waals surface area contributed by atoms with Crippen LogP contribution in [0.3, 0.4) is 0 Å². The van der Waals surface area contributed by atoms with Crippen molar-refractivity contribution in [2.75, 3.05) is 13.7 Å². The van der Waals surface area contributed by atoms with Crippen molar-refractivity contribution in [3.05, 3.63) is 23.3 Å². The highest BCUT2D eigenvalue weighted by Crippen LogP contribution is 2.52. The van der Waals surface area contributed by atoms with Crippen molar-refractivity contribution in [2.24, 2.45) is 11.1 Å². The summed E-state index contributed by atoms with van der Waals surface area (Å²) in [6, 6.07) is 3.94. The summed E-state index contributed by atoms with van der Waals surface area (Å²) in [7, 11) is 1.65. The molecule has 0 radical (unpaired) electrons. The zero-order chi connectivity index (χ0) is 14.3. The number of methoxy groups -OCH3 is 1. The van der Waals surface area contributed by atoms with E-state index >= 15 is 0 Å². The molecule has 0 saturated heterocycles. The molecule has 2 unspecified atom stereocenters. The second kappa shape index (κ2) is 4.93. The molecule has 1 aliphatic carbocycles. The van der Waals surface area contributed by atoms with Crippen LogP contribution < -0.4 is 15.2 Å². The molecule has 1 saturated carbocycles. The molecule has 20 heavy (non-hydrogen) atoms. The molecule has 4 heteroatoms. The van der Waals surface area contributed by atoms with Gasteiger partial charge in [0.05, 0.1) is 13.2 Å². The Balaban J connectivity index is 1.98. The van der Waals surface area contributed by atoms with E-state index in [1.165, 1.54) is 0 Å². The topological polar surface area (TPSA) is 64.7 Å². The molecule has 1 aromatic carbocycles. The van der Waals surface area contributed by atoms with Gasteiger partial charge in [-0.1, -0.05) is 6.42 Å². The number of aliphatic hydroxyl groups is 1. The summed E-state index contributed by atoms with van der Waals surface area (Å²) in [6.07, 6.45) is 3.58. The third-order valence-electron chi connectivity index (χ3n) is 4.88. The number of ether oxygens (including phenoxy) is 2. The Kier molecular flexibility index (Phi) is 3.38. The molecule has 0 spiro atoms. The van der Waals surface area contributed by atoms with E-state index in [9.17, 15) is 5.11 Å². The Hall–Kier alpha value is -1.26. The van der Waals surface area contributed by atoms with Crippen molar-refractivity contribution in [2.45, 2.75) is 44.8 Å². The standard InChI is InChI=1S/C16H23NO3/c1-10-6-11-7-14(19-2)12(8-13(11)20-10)15(18)16(9-17)4-3-5-16/h7-8,10,15,18H,3-6,9,17H2,1-2H3. The van der Waals surface area contributed by atoms with E-state index in [2.05, 4.69) is 6.92 Å². The van der Waals surface area contributed by atoms with Gasteiger partial charge in [-0.25, -0.2) is 0 Å². The van der Waals surface area contributed by atoms with E-state index in [1.54, 1.807) is 7.11 Å². The molecule has 2 aliphatic rings. The molecule has 0 bridgehead atoms. The molecular weight excluding hydrogens is 254 g/mol. The number of benzene rings is 1. The van der Waals surface area contributed by atoms with E-state index in [0.29, 0.717) is 6.54 Å². The van der Waals surface area contributed by atoms with Gasteiger partial charge in [0.25, 0.3) is 0 Å². The fourth-order valence-electron chi connectivity index (χ4n) is 3.40. The summed E-state index contributed by atoms with van der Waals surface area (Å²) < 4.78 is 11.3. The van der Waals surface area contributed by atoms with Crippen molar-refractivity contribution < 1.29 is 14.6 Å². The molecule has 1 heterocycles. The lowest BCUT2D eigenvalue weighted by Crippen LogP contribution is -2.42. The minimum absolute atomic E-state index is 0.189. The van der Waals surface area contributed by atoms with E-state index in [0.717, 1.165) is 48.3 Å². The van der Waals surface area contributed by atoms with Gasteiger partial charge >= 0.3 is 0 Å². The Morgan fingerprint density at radius 1 is 1.50 bits per heavy atom. The van der Waals surface area contributed by atoms with Crippen molar-refractivity contribution in [1.82, 2.24) is 0 Å². The largest absolute Gasteiger partial charge is 0.496 e. The number of aliphatic hydroxyl groups excluding tert-OH is 1. The minimum Gasteiger partial charge on any atom is -0.496 e. The monoisotopic (exact) mass is 277 g/mol. The highest BCUT2D eigenvalue weighted by atomic mass is 16.5. The van der Waals surface area contributed by atoms with Gasteiger partial charge in [-0.3, -0.25) is 0 Å². The fourth-order valence-corrected chi connectivity index (χ4v) is 3.40. The van der Waals surface area contributed by atoms with Gasteiger partial charge in [0.1, 0.15) is 17.6 Å². The van der Waals surface area contributed by atoms with Gasteiger partial charge in [-0.2, -0.15) is 0 Å². The van der Waals surface area contributed by atoms with Crippen LogP contribution in [0.4, 0.5) is 0 Å². The maximum Gasteiger partial charge on any atom is 0.125 e. The number of hydrogen-bond donors (Lipinski definition) is 2. The molecule has 4 nitrogen and oxygen atoms in total. The summed E-state index contributed by atoms with van der Waals surface area (Å²) in [5.41, 5.74) is 7.68. The number of fused-ring (bicyclic) bond motifs is 1. The third kappa shape index (κ3) is 1.98. The number of nitrogens with two attached hydrogens (primary N) is 1.